The van der Waals surface area contributed by atoms with Gasteiger partial charge in [0.2, 0.25) is 0 Å². The third-order valence-corrected chi connectivity index (χ3v) is 5.18. The van der Waals surface area contributed by atoms with Crippen molar-refractivity contribution in [1.82, 2.24) is 4.57 Å². The number of carbonyl (C=O) groups excluding carboxylic acids is 1. The number of aryl methyl sites for hydroxylation is 1. The summed E-state index contributed by atoms with van der Waals surface area (Å²) in [5.41, 5.74) is 2.71. The van der Waals surface area contributed by atoms with Crippen molar-refractivity contribution in [3.63, 3.8) is 0 Å². The molecule has 0 saturated carbocycles. The van der Waals surface area contributed by atoms with Crippen LogP contribution in [0.2, 0.25) is 0 Å². The fraction of sp³-hybridized carbons (Fsp3) is 0.0769. The summed E-state index contributed by atoms with van der Waals surface area (Å²) in [6, 6.07) is 24.3. The molecule has 0 fully saturated rings. The van der Waals surface area contributed by atoms with Crippen LogP contribution in [0.15, 0.2) is 89.7 Å². The highest BCUT2D eigenvalue weighted by Crippen LogP contribution is 2.27. The van der Waals surface area contributed by atoms with Crippen LogP contribution in [-0.2, 0) is 6.54 Å². The minimum absolute atomic E-state index is 0.213. The number of allylic oxidation sites excluding steroid dienone is 1. The van der Waals surface area contributed by atoms with Crippen LogP contribution in [0, 0.1) is 6.92 Å². The summed E-state index contributed by atoms with van der Waals surface area (Å²) in [5, 5.41) is 11.2. The zero-order chi connectivity index (χ0) is 21.1. The summed E-state index contributed by atoms with van der Waals surface area (Å²) in [7, 11) is 0. The Morgan fingerprint density at radius 3 is 2.37 bits per heavy atom. The van der Waals surface area contributed by atoms with E-state index in [1.807, 2.05) is 67.6 Å². The van der Waals surface area contributed by atoms with E-state index in [4.69, 9.17) is 0 Å². The third kappa shape index (κ3) is 3.67. The van der Waals surface area contributed by atoms with Crippen LogP contribution in [0.5, 0.6) is 5.75 Å². The zero-order valence-electron chi connectivity index (χ0n) is 16.6. The van der Waals surface area contributed by atoms with Gasteiger partial charge in [-0.1, -0.05) is 72.8 Å². The molecule has 30 heavy (non-hydrogen) atoms. The number of hydrogen-bond donors (Lipinski definition) is 1. The van der Waals surface area contributed by atoms with Gasteiger partial charge in [-0.3, -0.25) is 9.59 Å². The van der Waals surface area contributed by atoms with Gasteiger partial charge in [0.05, 0.1) is 12.1 Å². The number of ketones is 1. The number of carbonyl (C=O) groups is 1. The maximum atomic E-state index is 13.3. The molecular formula is C26H21NO3. The monoisotopic (exact) mass is 395 g/mol. The van der Waals surface area contributed by atoms with Crippen LogP contribution in [0.4, 0.5) is 0 Å². The van der Waals surface area contributed by atoms with Crippen LogP contribution in [0.1, 0.15) is 27.0 Å². The molecule has 0 aliphatic carbocycles. The first-order valence-electron chi connectivity index (χ1n) is 9.72. The van der Waals surface area contributed by atoms with E-state index in [1.165, 1.54) is 6.08 Å². The summed E-state index contributed by atoms with van der Waals surface area (Å²) in [4.78, 5) is 26.2. The molecule has 0 aliphatic heterocycles. The number of hydrogen-bond acceptors (Lipinski definition) is 3. The first kappa shape index (κ1) is 19.4. The second kappa shape index (κ2) is 8.21. The molecule has 4 heteroatoms. The fourth-order valence-electron chi connectivity index (χ4n) is 3.56. The van der Waals surface area contributed by atoms with Gasteiger partial charge in [0, 0.05) is 5.39 Å². The number of rotatable bonds is 5. The van der Waals surface area contributed by atoms with Crippen molar-refractivity contribution in [3.05, 3.63) is 118 Å². The van der Waals surface area contributed by atoms with E-state index >= 15 is 0 Å². The normalized spacial score (nSPS) is 11.2. The number of para-hydroxylation sites is 1. The molecule has 0 unspecified atom stereocenters. The Morgan fingerprint density at radius 2 is 1.60 bits per heavy atom. The molecule has 1 N–H and O–H groups in total. The average molecular weight is 395 g/mol. The molecule has 4 nitrogen and oxygen atoms in total. The van der Waals surface area contributed by atoms with Gasteiger partial charge in [-0.05, 0) is 41.8 Å². The van der Waals surface area contributed by atoms with Gasteiger partial charge in [-0.2, -0.15) is 0 Å². The highest BCUT2D eigenvalue weighted by molar-refractivity contribution is 6.11. The Bertz CT molecular complexity index is 1320. The van der Waals surface area contributed by atoms with Crippen molar-refractivity contribution >= 4 is 22.8 Å². The van der Waals surface area contributed by atoms with Gasteiger partial charge in [-0.25, -0.2) is 0 Å². The minimum atomic E-state index is -0.520. The van der Waals surface area contributed by atoms with Crippen LogP contribution in [-0.4, -0.2) is 15.5 Å². The van der Waals surface area contributed by atoms with Gasteiger partial charge < -0.3 is 9.67 Å². The van der Waals surface area contributed by atoms with Crippen LogP contribution < -0.4 is 5.56 Å². The number of aromatic hydroxyl groups is 1. The van der Waals surface area contributed by atoms with Crippen LogP contribution >= 0.6 is 0 Å². The zero-order valence-corrected chi connectivity index (χ0v) is 16.6. The molecule has 1 aromatic heterocycles. The summed E-state index contributed by atoms with van der Waals surface area (Å²) >= 11 is 0. The largest absolute Gasteiger partial charge is 0.506 e. The lowest BCUT2D eigenvalue weighted by Gasteiger charge is -2.14. The van der Waals surface area contributed by atoms with Crippen LogP contribution in [0.3, 0.4) is 0 Å². The molecule has 0 amide bonds. The highest BCUT2D eigenvalue weighted by Gasteiger charge is 2.20. The smallest absolute Gasteiger partial charge is 0.266 e. The van der Waals surface area contributed by atoms with E-state index in [0.717, 1.165) is 16.7 Å². The van der Waals surface area contributed by atoms with E-state index in [1.54, 1.807) is 28.8 Å². The molecule has 0 radical (unpaired) electrons. The molecule has 148 valence electrons. The molecule has 0 atom stereocenters. The fourth-order valence-corrected chi connectivity index (χ4v) is 3.56. The van der Waals surface area contributed by atoms with Crippen LogP contribution in [0.25, 0.3) is 17.0 Å². The Balaban J connectivity index is 1.85. The molecule has 4 rings (SSSR count). The van der Waals surface area contributed by atoms with Crippen molar-refractivity contribution in [2.24, 2.45) is 0 Å². The number of fused-ring (bicyclic) bond motifs is 1. The molecule has 0 spiro atoms. The minimum Gasteiger partial charge on any atom is -0.506 e. The molecule has 3 aromatic carbocycles. The standard InChI is InChI=1S/C26H21NO3/c1-18-9-5-6-12-20(18)15-16-23(28)24-25(29)21-13-7-8-14-22(21)27(26(24)30)17-19-10-3-2-4-11-19/h2-16,29H,17H2,1H3/b16-15+. The predicted molar refractivity (Wildman–Crippen MR) is 120 cm³/mol. The quantitative estimate of drug-likeness (QED) is 0.384. The van der Waals surface area contributed by atoms with Crippen molar-refractivity contribution in [2.45, 2.75) is 13.5 Å². The van der Waals surface area contributed by atoms with E-state index in [2.05, 4.69) is 0 Å². The van der Waals surface area contributed by atoms with Gasteiger partial charge in [0.25, 0.3) is 5.56 Å². The molecule has 4 aromatic rings. The first-order valence-corrected chi connectivity index (χ1v) is 9.72. The van der Waals surface area contributed by atoms with Gasteiger partial charge in [0.1, 0.15) is 11.3 Å². The van der Waals surface area contributed by atoms with Gasteiger partial charge >= 0.3 is 0 Å². The van der Waals surface area contributed by atoms with Crippen molar-refractivity contribution in [2.75, 3.05) is 0 Å². The second-order valence-corrected chi connectivity index (χ2v) is 7.17. The summed E-state index contributed by atoms with van der Waals surface area (Å²) < 4.78 is 1.54. The van der Waals surface area contributed by atoms with Gasteiger partial charge in [0.15, 0.2) is 5.78 Å². The maximum absolute atomic E-state index is 13.3. The Hall–Kier alpha value is -3.92. The van der Waals surface area contributed by atoms with Crippen molar-refractivity contribution in [1.29, 1.82) is 0 Å². The number of nitrogens with zero attached hydrogens (tertiary/aromatic N) is 1. The Kier molecular flexibility index (Phi) is 5.31. The average Bonchev–Trinajstić information content (AvgIpc) is 2.77. The number of pyridine rings is 1. The summed E-state index contributed by atoms with van der Waals surface area (Å²) in [6.07, 6.45) is 3.02. The topological polar surface area (TPSA) is 59.3 Å². The molecular weight excluding hydrogens is 374 g/mol. The van der Waals surface area contributed by atoms with E-state index in [-0.39, 0.29) is 11.3 Å². The summed E-state index contributed by atoms with van der Waals surface area (Å²) in [6.45, 7) is 2.26. The number of aromatic nitrogens is 1. The maximum Gasteiger partial charge on any atom is 0.266 e. The van der Waals surface area contributed by atoms with E-state index < -0.39 is 11.3 Å². The third-order valence-electron chi connectivity index (χ3n) is 5.18. The summed E-state index contributed by atoms with van der Waals surface area (Å²) in [5.74, 6) is -0.798. The van der Waals surface area contributed by atoms with E-state index in [9.17, 15) is 14.7 Å². The van der Waals surface area contributed by atoms with Gasteiger partial charge in [-0.15, -0.1) is 0 Å². The SMILES string of the molecule is Cc1ccccc1/C=C/C(=O)c1c(O)c2ccccc2n(Cc2ccccc2)c1=O. The first-order chi connectivity index (χ1) is 14.6. The predicted octanol–water partition coefficient (Wildman–Crippen LogP) is 4.96. The Labute approximate surface area is 174 Å². The molecule has 0 saturated heterocycles. The molecule has 0 bridgehead atoms. The lowest BCUT2D eigenvalue weighted by Crippen LogP contribution is -2.27. The molecule has 1 heterocycles. The van der Waals surface area contributed by atoms with Crippen molar-refractivity contribution < 1.29 is 9.90 Å². The van der Waals surface area contributed by atoms with Crippen molar-refractivity contribution in [3.8, 4) is 5.75 Å². The highest BCUT2D eigenvalue weighted by atomic mass is 16.3. The lowest BCUT2D eigenvalue weighted by atomic mass is 10.0. The van der Waals surface area contributed by atoms with E-state index in [0.29, 0.717) is 17.4 Å². The molecule has 0 aliphatic rings. The lowest BCUT2D eigenvalue weighted by molar-refractivity contribution is 0.104. The second-order valence-electron chi connectivity index (χ2n) is 7.17. The number of benzene rings is 3. The Morgan fingerprint density at radius 1 is 0.933 bits per heavy atom.